The van der Waals surface area contributed by atoms with Gasteiger partial charge in [-0.1, -0.05) is 0 Å². The van der Waals surface area contributed by atoms with Crippen LogP contribution in [0, 0.1) is 35.6 Å². The van der Waals surface area contributed by atoms with Gasteiger partial charge in [0, 0.05) is 23.5 Å². The van der Waals surface area contributed by atoms with Crippen LogP contribution >= 0.6 is 0 Å². The molecule has 3 aromatic carbocycles. The summed E-state index contributed by atoms with van der Waals surface area (Å²) in [6, 6.07) is 9.36. The van der Waals surface area contributed by atoms with Crippen LogP contribution in [-0.2, 0) is 20.0 Å². The topological polar surface area (TPSA) is 135 Å². The molecule has 0 saturated heterocycles. The molecule has 0 aliphatic carbocycles. The fraction of sp³-hybridized carbons (Fsp3) is 0.100. The number of nitrogens with zero attached hydrogens (tertiary/aromatic N) is 1. The monoisotopic (exact) mass is 497 g/mol. The van der Waals surface area contributed by atoms with Gasteiger partial charge in [0.15, 0.2) is 11.6 Å². The maximum Gasteiger partial charge on any atom is 0.271 e. The molecular weight excluding hydrogens is 480 g/mol. The molecule has 0 aliphatic rings. The molecule has 0 bridgehead atoms. The average molecular weight is 498 g/mol. The molecule has 0 amide bonds. The first-order valence-electron chi connectivity index (χ1n) is 9.16. The number of rotatable bonds is 7. The Morgan fingerprint density at radius 2 is 1.33 bits per heavy atom. The molecule has 0 aromatic heterocycles. The van der Waals surface area contributed by atoms with Crippen molar-refractivity contribution < 1.29 is 30.5 Å². The van der Waals surface area contributed by atoms with Crippen LogP contribution < -0.4 is 9.44 Å². The van der Waals surface area contributed by atoms with Gasteiger partial charge in [0.05, 0.1) is 14.7 Å². The number of hydrogen-bond donors (Lipinski definition) is 2. The summed E-state index contributed by atoms with van der Waals surface area (Å²) in [5.74, 6) is -2.52. The van der Waals surface area contributed by atoms with Gasteiger partial charge in [-0.3, -0.25) is 19.6 Å². The standard InChI is InChI=1S/C20H17F2N3O6S2/c1-12-9-16(25(26)27)10-20(13(12)2)33(30,31)24-15-5-3-14(4-6-15)23-32(28,29)17-7-8-18(21)19(22)11-17/h3-11,23-24H,1-2H3. The highest BCUT2D eigenvalue weighted by Crippen LogP contribution is 2.28. The van der Waals surface area contributed by atoms with E-state index in [0.29, 0.717) is 23.3 Å². The van der Waals surface area contributed by atoms with Crippen molar-refractivity contribution in [1.82, 2.24) is 0 Å². The molecule has 9 nitrogen and oxygen atoms in total. The second kappa shape index (κ2) is 8.75. The Hall–Kier alpha value is -3.58. The lowest BCUT2D eigenvalue weighted by atomic mass is 10.1. The molecule has 0 aliphatic heterocycles. The number of aryl methyl sites for hydroxylation is 1. The number of benzene rings is 3. The SMILES string of the molecule is Cc1cc([N+](=O)[O-])cc(S(=O)(=O)Nc2ccc(NS(=O)(=O)c3ccc(F)c(F)c3)cc2)c1C. The summed E-state index contributed by atoms with van der Waals surface area (Å²) in [6.45, 7) is 3.07. The number of anilines is 2. The minimum absolute atomic E-state index is 0.0325. The van der Waals surface area contributed by atoms with E-state index in [1.165, 1.54) is 37.3 Å². The molecule has 0 atom stereocenters. The normalized spacial score (nSPS) is 11.8. The van der Waals surface area contributed by atoms with E-state index in [4.69, 9.17) is 0 Å². The van der Waals surface area contributed by atoms with E-state index < -0.39 is 41.5 Å². The van der Waals surface area contributed by atoms with Crippen molar-refractivity contribution in [3.63, 3.8) is 0 Å². The predicted octanol–water partition coefficient (Wildman–Crippen LogP) is 4.09. The van der Waals surface area contributed by atoms with Crippen LogP contribution in [0.25, 0.3) is 0 Å². The van der Waals surface area contributed by atoms with E-state index in [2.05, 4.69) is 9.44 Å². The van der Waals surface area contributed by atoms with Crippen molar-refractivity contribution in [1.29, 1.82) is 0 Å². The van der Waals surface area contributed by atoms with Crippen LogP contribution in [0.3, 0.4) is 0 Å². The first kappa shape index (κ1) is 24.1. The number of nitro groups is 1. The van der Waals surface area contributed by atoms with Gasteiger partial charge in [0.25, 0.3) is 25.7 Å². The first-order valence-corrected chi connectivity index (χ1v) is 12.1. The van der Waals surface area contributed by atoms with Gasteiger partial charge in [-0.2, -0.15) is 0 Å². The molecular formula is C20H17F2N3O6S2. The minimum atomic E-state index is -4.23. The second-order valence-electron chi connectivity index (χ2n) is 7.01. The van der Waals surface area contributed by atoms with E-state index in [-0.39, 0.29) is 22.0 Å². The molecule has 33 heavy (non-hydrogen) atoms. The Kier molecular flexibility index (Phi) is 6.38. The Balaban J connectivity index is 1.83. The van der Waals surface area contributed by atoms with Gasteiger partial charge in [0.2, 0.25) is 0 Å². The van der Waals surface area contributed by atoms with E-state index in [0.717, 1.165) is 12.1 Å². The van der Waals surface area contributed by atoms with Crippen LogP contribution in [0.1, 0.15) is 11.1 Å². The summed E-state index contributed by atoms with van der Waals surface area (Å²) in [4.78, 5) is 9.63. The Labute approximate surface area is 188 Å². The van der Waals surface area contributed by atoms with Crippen molar-refractivity contribution in [2.75, 3.05) is 9.44 Å². The molecule has 0 unspecified atom stereocenters. The zero-order valence-electron chi connectivity index (χ0n) is 17.2. The maximum atomic E-state index is 13.4. The molecule has 3 rings (SSSR count). The molecule has 0 heterocycles. The zero-order valence-corrected chi connectivity index (χ0v) is 18.8. The molecule has 0 saturated carbocycles. The lowest BCUT2D eigenvalue weighted by Crippen LogP contribution is -2.16. The third kappa shape index (κ3) is 5.26. The molecule has 174 valence electrons. The van der Waals surface area contributed by atoms with Gasteiger partial charge in [-0.25, -0.2) is 25.6 Å². The van der Waals surface area contributed by atoms with Crippen molar-refractivity contribution in [3.8, 4) is 0 Å². The third-order valence-electron chi connectivity index (χ3n) is 4.70. The average Bonchev–Trinajstić information content (AvgIpc) is 2.72. The fourth-order valence-corrected chi connectivity index (χ4v) is 5.33. The number of non-ortho nitro benzene ring substituents is 1. The van der Waals surface area contributed by atoms with Gasteiger partial charge in [0.1, 0.15) is 0 Å². The maximum absolute atomic E-state index is 13.4. The molecule has 0 radical (unpaired) electrons. The predicted molar refractivity (Wildman–Crippen MR) is 117 cm³/mol. The summed E-state index contributed by atoms with van der Waals surface area (Å²) in [5.41, 5.74) is 0.482. The summed E-state index contributed by atoms with van der Waals surface area (Å²) < 4.78 is 81.2. The van der Waals surface area contributed by atoms with Crippen LogP contribution in [0.2, 0.25) is 0 Å². The van der Waals surface area contributed by atoms with Crippen molar-refractivity contribution in [2.45, 2.75) is 23.6 Å². The Morgan fingerprint density at radius 3 is 1.85 bits per heavy atom. The fourth-order valence-electron chi connectivity index (χ4n) is 2.87. The molecule has 13 heteroatoms. The quantitative estimate of drug-likeness (QED) is 0.373. The highest BCUT2D eigenvalue weighted by Gasteiger charge is 2.23. The molecule has 0 fully saturated rings. The molecule has 2 N–H and O–H groups in total. The van der Waals surface area contributed by atoms with E-state index >= 15 is 0 Å². The van der Waals surface area contributed by atoms with E-state index in [9.17, 15) is 35.7 Å². The van der Waals surface area contributed by atoms with E-state index in [1.807, 2.05) is 0 Å². The molecule has 3 aromatic rings. The van der Waals surface area contributed by atoms with Gasteiger partial charge in [-0.15, -0.1) is 0 Å². The highest BCUT2D eigenvalue weighted by molar-refractivity contribution is 7.93. The number of hydrogen-bond acceptors (Lipinski definition) is 6. The second-order valence-corrected chi connectivity index (χ2v) is 10.3. The van der Waals surface area contributed by atoms with E-state index in [1.54, 1.807) is 6.92 Å². The van der Waals surface area contributed by atoms with Crippen LogP contribution in [0.4, 0.5) is 25.8 Å². The van der Waals surface area contributed by atoms with Crippen LogP contribution in [-0.4, -0.2) is 21.8 Å². The van der Waals surface area contributed by atoms with Crippen LogP contribution in [0.15, 0.2) is 64.4 Å². The first-order chi connectivity index (χ1) is 15.3. The van der Waals surface area contributed by atoms with Gasteiger partial charge >= 0.3 is 0 Å². The van der Waals surface area contributed by atoms with Crippen molar-refractivity contribution in [2.24, 2.45) is 0 Å². The lowest BCUT2D eigenvalue weighted by Gasteiger charge is -2.13. The summed E-state index contributed by atoms with van der Waals surface area (Å²) in [6.07, 6.45) is 0. The number of nitro benzene ring substituents is 1. The molecule has 0 spiro atoms. The third-order valence-corrected chi connectivity index (χ3v) is 7.58. The minimum Gasteiger partial charge on any atom is -0.280 e. The van der Waals surface area contributed by atoms with Crippen LogP contribution in [0.5, 0.6) is 0 Å². The summed E-state index contributed by atoms with van der Waals surface area (Å²) >= 11 is 0. The van der Waals surface area contributed by atoms with Gasteiger partial charge in [-0.05, 0) is 67.4 Å². The Morgan fingerprint density at radius 1 is 0.788 bits per heavy atom. The summed E-state index contributed by atoms with van der Waals surface area (Å²) in [7, 11) is -8.42. The number of sulfonamides is 2. The van der Waals surface area contributed by atoms with Crippen molar-refractivity contribution >= 4 is 37.1 Å². The number of halogens is 2. The zero-order chi connectivity index (χ0) is 24.6. The lowest BCUT2D eigenvalue weighted by molar-refractivity contribution is -0.385. The van der Waals surface area contributed by atoms with Crippen molar-refractivity contribution in [3.05, 3.63) is 87.5 Å². The van der Waals surface area contributed by atoms with Gasteiger partial charge < -0.3 is 0 Å². The largest absolute Gasteiger partial charge is 0.280 e. The highest BCUT2D eigenvalue weighted by atomic mass is 32.2. The smallest absolute Gasteiger partial charge is 0.271 e. The number of nitrogens with one attached hydrogen (secondary N) is 2. The summed E-state index contributed by atoms with van der Waals surface area (Å²) in [5, 5.41) is 11.1. The Bertz CT molecular complexity index is 1460.